The fourth-order valence-corrected chi connectivity index (χ4v) is 3.44. The van der Waals surface area contributed by atoms with E-state index in [9.17, 15) is 18.0 Å². The molecule has 3 aliphatic carbocycles. The van der Waals surface area contributed by atoms with Crippen LogP contribution in [-0.2, 0) is 11.0 Å². The SMILES string of the molecule is O=C(O)C12CC(COc3ccccc3C(F)(F)F)(C1)C2. The predicted octanol–water partition coefficient (Wildman–Crippen LogP) is 3.34. The molecule has 0 aromatic heterocycles. The van der Waals surface area contributed by atoms with E-state index in [4.69, 9.17) is 9.84 Å². The van der Waals surface area contributed by atoms with Crippen molar-refractivity contribution in [2.24, 2.45) is 10.8 Å². The van der Waals surface area contributed by atoms with Gasteiger partial charge in [0.05, 0.1) is 17.6 Å². The fourth-order valence-electron chi connectivity index (χ4n) is 3.44. The highest BCUT2D eigenvalue weighted by atomic mass is 19.4. The molecule has 0 heterocycles. The molecule has 0 aliphatic heterocycles. The third-order valence-electron chi connectivity index (χ3n) is 4.32. The van der Waals surface area contributed by atoms with Crippen LogP contribution in [-0.4, -0.2) is 17.7 Å². The summed E-state index contributed by atoms with van der Waals surface area (Å²) in [6.45, 7) is 0.148. The summed E-state index contributed by atoms with van der Waals surface area (Å²) in [5.74, 6) is -0.996. The second kappa shape index (κ2) is 3.90. The van der Waals surface area contributed by atoms with Crippen molar-refractivity contribution in [1.29, 1.82) is 0 Å². The molecule has 0 atom stereocenters. The Morgan fingerprint density at radius 2 is 1.85 bits per heavy atom. The molecule has 1 aromatic carbocycles. The van der Waals surface area contributed by atoms with Crippen LogP contribution in [0.25, 0.3) is 0 Å². The number of rotatable bonds is 4. The van der Waals surface area contributed by atoms with E-state index in [-0.39, 0.29) is 17.8 Å². The second-order valence-corrected chi connectivity index (χ2v) is 5.90. The minimum absolute atomic E-state index is 0.148. The van der Waals surface area contributed by atoms with E-state index < -0.39 is 23.1 Å². The standard InChI is InChI=1S/C14H13F3O3/c15-14(16,17)9-3-1-2-4-10(9)20-8-12-5-13(6-12,7-12)11(18)19/h1-4H,5-8H2,(H,18,19). The lowest BCUT2D eigenvalue weighted by molar-refractivity contribution is -0.231. The summed E-state index contributed by atoms with van der Waals surface area (Å²) in [5.41, 5.74) is -1.66. The fraction of sp³-hybridized carbons (Fsp3) is 0.500. The lowest BCUT2D eigenvalue weighted by atomic mass is 9.35. The summed E-state index contributed by atoms with van der Waals surface area (Å²) in [5, 5.41) is 8.99. The summed E-state index contributed by atoms with van der Waals surface area (Å²) < 4.78 is 43.7. The molecule has 2 bridgehead atoms. The van der Waals surface area contributed by atoms with Gasteiger partial charge in [-0.05, 0) is 31.4 Å². The molecule has 3 nitrogen and oxygen atoms in total. The van der Waals surface area contributed by atoms with Gasteiger partial charge >= 0.3 is 12.1 Å². The van der Waals surface area contributed by atoms with Crippen molar-refractivity contribution >= 4 is 5.97 Å². The van der Waals surface area contributed by atoms with Crippen LogP contribution in [0, 0.1) is 10.8 Å². The molecule has 0 amide bonds. The van der Waals surface area contributed by atoms with Gasteiger partial charge in [0.2, 0.25) is 0 Å². The Balaban J connectivity index is 1.66. The maximum atomic E-state index is 12.8. The van der Waals surface area contributed by atoms with E-state index in [0.717, 1.165) is 6.07 Å². The van der Waals surface area contributed by atoms with Crippen LogP contribution in [0.3, 0.4) is 0 Å². The van der Waals surface area contributed by atoms with Crippen LogP contribution in [0.2, 0.25) is 0 Å². The molecule has 0 spiro atoms. The Labute approximate surface area is 113 Å². The van der Waals surface area contributed by atoms with Crippen LogP contribution in [0.15, 0.2) is 24.3 Å². The average molecular weight is 286 g/mol. The molecule has 108 valence electrons. The van der Waals surface area contributed by atoms with Crippen molar-refractivity contribution in [3.05, 3.63) is 29.8 Å². The van der Waals surface area contributed by atoms with Crippen molar-refractivity contribution in [1.82, 2.24) is 0 Å². The number of aliphatic carboxylic acids is 1. The number of hydrogen-bond acceptors (Lipinski definition) is 2. The largest absolute Gasteiger partial charge is 0.492 e. The summed E-state index contributed by atoms with van der Waals surface area (Å²) in [4.78, 5) is 11.0. The lowest BCUT2D eigenvalue weighted by Crippen LogP contribution is -2.67. The van der Waals surface area contributed by atoms with Gasteiger partial charge in [-0.2, -0.15) is 13.2 Å². The molecule has 3 aliphatic rings. The minimum atomic E-state index is -4.45. The lowest BCUT2D eigenvalue weighted by Gasteiger charge is -2.67. The monoisotopic (exact) mass is 286 g/mol. The second-order valence-electron chi connectivity index (χ2n) is 5.90. The smallest absolute Gasteiger partial charge is 0.419 e. The molecule has 0 radical (unpaired) electrons. The highest BCUT2D eigenvalue weighted by Gasteiger charge is 2.72. The number of carboxylic acids is 1. The molecule has 4 rings (SSSR count). The number of para-hydroxylation sites is 1. The summed E-state index contributed by atoms with van der Waals surface area (Å²) in [6, 6.07) is 5.08. The number of hydrogen-bond donors (Lipinski definition) is 1. The molecule has 1 aromatic rings. The first-order valence-corrected chi connectivity index (χ1v) is 6.29. The Morgan fingerprint density at radius 3 is 2.40 bits per heavy atom. The zero-order chi connectivity index (χ0) is 14.6. The number of carbonyl (C=O) groups is 1. The Kier molecular flexibility index (Phi) is 2.59. The molecule has 6 heteroatoms. The van der Waals surface area contributed by atoms with Crippen LogP contribution in [0.1, 0.15) is 24.8 Å². The van der Waals surface area contributed by atoms with Crippen molar-refractivity contribution in [3.63, 3.8) is 0 Å². The normalized spacial score (nSPS) is 31.1. The number of ether oxygens (including phenoxy) is 1. The summed E-state index contributed by atoms with van der Waals surface area (Å²) >= 11 is 0. The molecular formula is C14H13F3O3. The van der Waals surface area contributed by atoms with Crippen molar-refractivity contribution < 1.29 is 27.8 Å². The maximum absolute atomic E-state index is 12.8. The van der Waals surface area contributed by atoms with Gasteiger partial charge in [-0.1, -0.05) is 12.1 Å². The molecule has 0 unspecified atom stereocenters. The van der Waals surface area contributed by atoms with Gasteiger partial charge in [-0.25, -0.2) is 0 Å². The number of benzene rings is 1. The first kappa shape index (κ1) is 13.3. The Bertz CT molecular complexity index is 545. The van der Waals surface area contributed by atoms with Gasteiger partial charge in [0.1, 0.15) is 5.75 Å². The Morgan fingerprint density at radius 1 is 1.25 bits per heavy atom. The minimum Gasteiger partial charge on any atom is -0.492 e. The third-order valence-corrected chi connectivity index (χ3v) is 4.32. The van der Waals surface area contributed by atoms with Crippen LogP contribution < -0.4 is 4.74 Å². The van der Waals surface area contributed by atoms with Gasteiger partial charge < -0.3 is 9.84 Å². The van der Waals surface area contributed by atoms with E-state index in [1.807, 2.05) is 0 Å². The summed E-state index contributed by atoms with van der Waals surface area (Å²) in [7, 11) is 0. The van der Waals surface area contributed by atoms with E-state index in [1.54, 1.807) is 0 Å². The number of halogens is 3. The van der Waals surface area contributed by atoms with Gasteiger partial charge in [0, 0.05) is 5.41 Å². The molecule has 3 saturated carbocycles. The van der Waals surface area contributed by atoms with E-state index in [1.165, 1.54) is 18.2 Å². The van der Waals surface area contributed by atoms with E-state index in [0.29, 0.717) is 19.3 Å². The molecule has 1 N–H and O–H groups in total. The third kappa shape index (κ3) is 1.85. The highest BCUT2D eigenvalue weighted by molar-refractivity contribution is 5.79. The average Bonchev–Trinajstić information content (AvgIpc) is 2.24. The zero-order valence-corrected chi connectivity index (χ0v) is 10.5. The number of alkyl halides is 3. The molecule has 20 heavy (non-hydrogen) atoms. The van der Waals surface area contributed by atoms with E-state index in [2.05, 4.69) is 0 Å². The zero-order valence-electron chi connectivity index (χ0n) is 10.5. The van der Waals surface area contributed by atoms with Gasteiger partial charge in [0.15, 0.2) is 0 Å². The van der Waals surface area contributed by atoms with Crippen LogP contribution >= 0.6 is 0 Å². The maximum Gasteiger partial charge on any atom is 0.419 e. The summed E-state index contributed by atoms with van der Waals surface area (Å²) in [6.07, 6.45) is -2.94. The molecular weight excluding hydrogens is 273 g/mol. The topological polar surface area (TPSA) is 46.5 Å². The quantitative estimate of drug-likeness (QED) is 0.923. The molecule has 0 saturated heterocycles. The Hall–Kier alpha value is -1.72. The first-order chi connectivity index (χ1) is 9.27. The van der Waals surface area contributed by atoms with Crippen LogP contribution in [0.5, 0.6) is 5.75 Å². The van der Waals surface area contributed by atoms with Crippen LogP contribution in [0.4, 0.5) is 13.2 Å². The van der Waals surface area contributed by atoms with Crippen molar-refractivity contribution in [2.45, 2.75) is 25.4 Å². The first-order valence-electron chi connectivity index (χ1n) is 6.29. The van der Waals surface area contributed by atoms with Gasteiger partial charge in [0.25, 0.3) is 0 Å². The highest BCUT2D eigenvalue weighted by Crippen LogP contribution is 2.73. The predicted molar refractivity (Wildman–Crippen MR) is 63.3 cm³/mol. The van der Waals surface area contributed by atoms with E-state index >= 15 is 0 Å². The van der Waals surface area contributed by atoms with Gasteiger partial charge in [-0.3, -0.25) is 4.79 Å². The number of carboxylic acid groups (broad SMARTS) is 1. The van der Waals surface area contributed by atoms with Crippen molar-refractivity contribution in [3.8, 4) is 5.75 Å². The van der Waals surface area contributed by atoms with Crippen molar-refractivity contribution in [2.75, 3.05) is 6.61 Å². The van der Waals surface area contributed by atoms with Gasteiger partial charge in [-0.15, -0.1) is 0 Å². The molecule has 3 fully saturated rings.